The molecule has 0 bridgehead atoms. The topological polar surface area (TPSA) is 43.4 Å². The van der Waals surface area contributed by atoms with Crippen LogP contribution in [0.2, 0.25) is 0 Å². The Morgan fingerprint density at radius 2 is 2.27 bits per heavy atom. The van der Waals surface area contributed by atoms with Gasteiger partial charge in [-0.15, -0.1) is 0 Å². The van der Waals surface area contributed by atoms with Crippen LogP contribution in [0, 0.1) is 11.3 Å². The lowest BCUT2D eigenvalue weighted by Crippen LogP contribution is -2.35. The average molecular weight is 210 g/mol. The van der Waals surface area contributed by atoms with Crippen molar-refractivity contribution in [2.45, 2.75) is 33.6 Å². The van der Waals surface area contributed by atoms with Crippen molar-refractivity contribution >= 4 is 11.8 Å². The quantitative estimate of drug-likeness (QED) is 0.670. The first-order valence-electron chi connectivity index (χ1n) is 5.29. The Balaban J connectivity index is 2.51. The standard InChI is InChI=1S/C12H18O3/c1-9(13)15-8-7-10-5-4-6-11(14)12(10,2)3/h4,6,10H,5,7-8H2,1-3H3/t10-/m1/s1. The zero-order chi connectivity index (χ0) is 11.5. The third-order valence-corrected chi connectivity index (χ3v) is 3.12. The molecule has 0 aromatic rings. The summed E-state index contributed by atoms with van der Waals surface area (Å²) in [5.41, 5.74) is -0.325. The second-order valence-corrected chi connectivity index (χ2v) is 4.55. The largest absolute Gasteiger partial charge is 0.466 e. The van der Waals surface area contributed by atoms with Gasteiger partial charge in [0.2, 0.25) is 0 Å². The van der Waals surface area contributed by atoms with Crippen molar-refractivity contribution in [2.75, 3.05) is 6.61 Å². The van der Waals surface area contributed by atoms with Gasteiger partial charge >= 0.3 is 5.97 Å². The minimum Gasteiger partial charge on any atom is -0.466 e. The zero-order valence-corrected chi connectivity index (χ0v) is 9.58. The number of esters is 1. The second kappa shape index (κ2) is 4.60. The van der Waals surface area contributed by atoms with Gasteiger partial charge < -0.3 is 4.74 Å². The molecular formula is C12H18O3. The molecule has 84 valence electrons. The molecule has 0 saturated carbocycles. The minimum atomic E-state index is -0.325. The summed E-state index contributed by atoms with van der Waals surface area (Å²) in [4.78, 5) is 22.2. The maximum absolute atomic E-state index is 11.6. The van der Waals surface area contributed by atoms with Crippen LogP contribution in [0.3, 0.4) is 0 Å². The molecule has 0 saturated heterocycles. The molecule has 0 radical (unpaired) electrons. The number of hydrogen-bond acceptors (Lipinski definition) is 3. The van der Waals surface area contributed by atoms with E-state index < -0.39 is 0 Å². The Bertz CT molecular complexity index is 289. The lowest BCUT2D eigenvalue weighted by molar-refractivity contribution is -0.141. The fourth-order valence-corrected chi connectivity index (χ4v) is 1.87. The lowest BCUT2D eigenvalue weighted by atomic mass is 9.69. The number of carbonyl (C=O) groups excluding carboxylic acids is 2. The molecule has 1 atom stereocenters. The van der Waals surface area contributed by atoms with E-state index in [2.05, 4.69) is 0 Å². The summed E-state index contributed by atoms with van der Waals surface area (Å²) in [6.07, 6.45) is 5.21. The summed E-state index contributed by atoms with van der Waals surface area (Å²) in [5.74, 6) is 0.182. The Kier molecular flexibility index (Phi) is 3.66. The van der Waals surface area contributed by atoms with Gasteiger partial charge in [-0.05, 0) is 24.8 Å². The van der Waals surface area contributed by atoms with E-state index in [9.17, 15) is 9.59 Å². The Hall–Kier alpha value is -1.12. The number of hydrogen-bond donors (Lipinski definition) is 0. The summed E-state index contributed by atoms with van der Waals surface area (Å²) in [7, 11) is 0. The van der Waals surface area contributed by atoms with Crippen molar-refractivity contribution in [2.24, 2.45) is 11.3 Å². The van der Waals surface area contributed by atoms with Gasteiger partial charge in [0.25, 0.3) is 0 Å². The summed E-state index contributed by atoms with van der Waals surface area (Å²) >= 11 is 0. The van der Waals surface area contributed by atoms with E-state index in [0.29, 0.717) is 6.61 Å². The lowest BCUT2D eigenvalue weighted by Gasteiger charge is -2.34. The van der Waals surface area contributed by atoms with Crippen LogP contribution in [0.25, 0.3) is 0 Å². The van der Waals surface area contributed by atoms with Crippen LogP contribution < -0.4 is 0 Å². The number of carbonyl (C=O) groups is 2. The van der Waals surface area contributed by atoms with Crippen molar-refractivity contribution < 1.29 is 14.3 Å². The van der Waals surface area contributed by atoms with Crippen molar-refractivity contribution in [3.63, 3.8) is 0 Å². The molecule has 0 amide bonds. The molecule has 0 N–H and O–H groups in total. The second-order valence-electron chi connectivity index (χ2n) is 4.55. The first-order chi connectivity index (χ1) is 6.94. The number of ketones is 1. The zero-order valence-electron chi connectivity index (χ0n) is 9.58. The number of allylic oxidation sites excluding steroid dienone is 2. The van der Waals surface area contributed by atoms with Crippen LogP contribution in [-0.4, -0.2) is 18.4 Å². The van der Waals surface area contributed by atoms with E-state index in [1.165, 1.54) is 6.92 Å². The van der Waals surface area contributed by atoms with Crippen LogP contribution >= 0.6 is 0 Å². The van der Waals surface area contributed by atoms with Crippen LogP contribution in [0.1, 0.15) is 33.6 Å². The first kappa shape index (κ1) is 12.0. The highest BCUT2D eigenvalue weighted by Gasteiger charge is 2.36. The van der Waals surface area contributed by atoms with E-state index in [4.69, 9.17) is 4.74 Å². The third-order valence-electron chi connectivity index (χ3n) is 3.12. The Labute approximate surface area is 90.5 Å². The highest BCUT2D eigenvalue weighted by atomic mass is 16.5. The van der Waals surface area contributed by atoms with E-state index in [1.807, 2.05) is 19.9 Å². The van der Waals surface area contributed by atoms with Gasteiger partial charge in [0.1, 0.15) is 0 Å². The van der Waals surface area contributed by atoms with E-state index >= 15 is 0 Å². The predicted octanol–water partition coefficient (Wildman–Crippen LogP) is 2.11. The number of ether oxygens (including phenoxy) is 1. The molecule has 0 aromatic heterocycles. The van der Waals surface area contributed by atoms with Gasteiger partial charge in [-0.2, -0.15) is 0 Å². The highest BCUT2D eigenvalue weighted by Crippen LogP contribution is 2.36. The normalized spacial score (nSPS) is 23.9. The van der Waals surface area contributed by atoms with E-state index in [-0.39, 0.29) is 23.1 Å². The number of rotatable bonds is 3. The molecule has 1 aliphatic rings. The van der Waals surface area contributed by atoms with Crippen LogP contribution in [0.15, 0.2) is 12.2 Å². The molecular weight excluding hydrogens is 192 g/mol. The molecule has 0 spiro atoms. The average Bonchev–Trinajstić information content (AvgIpc) is 2.12. The summed E-state index contributed by atoms with van der Waals surface area (Å²) in [5, 5.41) is 0. The minimum absolute atomic E-state index is 0.168. The van der Waals surface area contributed by atoms with Crippen LogP contribution in [0.5, 0.6) is 0 Å². The molecule has 0 fully saturated rings. The smallest absolute Gasteiger partial charge is 0.302 e. The van der Waals surface area contributed by atoms with Gasteiger partial charge in [-0.25, -0.2) is 0 Å². The SMILES string of the molecule is CC(=O)OCC[C@H]1CC=CC(=O)C1(C)C. The summed E-state index contributed by atoms with van der Waals surface area (Å²) < 4.78 is 4.90. The van der Waals surface area contributed by atoms with Crippen molar-refractivity contribution in [1.29, 1.82) is 0 Å². The molecule has 0 heterocycles. The maximum Gasteiger partial charge on any atom is 0.302 e. The van der Waals surface area contributed by atoms with Crippen molar-refractivity contribution in [3.05, 3.63) is 12.2 Å². The molecule has 0 aromatic carbocycles. The molecule has 1 aliphatic carbocycles. The van der Waals surface area contributed by atoms with Gasteiger partial charge in [-0.3, -0.25) is 9.59 Å². The first-order valence-corrected chi connectivity index (χ1v) is 5.29. The predicted molar refractivity (Wildman–Crippen MR) is 57.3 cm³/mol. The molecule has 3 nitrogen and oxygen atoms in total. The molecule has 15 heavy (non-hydrogen) atoms. The summed E-state index contributed by atoms with van der Waals surface area (Å²) in [6, 6.07) is 0. The van der Waals surface area contributed by atoms with Gasteiger partial charge in [0, 0.05) is 12.3 Å². The maximum atomic E-state index is 11.6. The van der Waals surface area contributed by atoms with Crippen LogP contribution in [0.4, 0.5) is 0 Å². The van der Waals surface area contributed by atoms with E-state index in [0.717, 1.165) is 12.8 Å². The van der Waals surface area contributed by atoms with Gasteiger partial charge in [-0.1, -0.05) is 19.9 Å². The fraction of sp³-hybridized carbons (Fsp3) is 0.667. The molecule has 3 heteroatoms. The van der Waals surface area contributed by atoms with Gasteiger partial charge in [0.15, 0.2) is 5.78 Å². The molecule has 0 aliphatic heterocycles. The monoisotopic (exact) mass is 210 g/mol. The molecule has 0 unspecified atom stereocenters. The van der Waals surface area contributed by atoms with Crippen LogP contribution in [-0.2, 0) is 14.3 Å². The van der Waals surface area contributed by atoms with Crippen molar-refractivity contribution in [3.8, 4) is 0 Å². The van der Waals surface area contributed by atoms with Gasteiger partial charge in [0.05, 0.1) is 6.61 Å². The Morgan fingerprint density at radius 1 is 1.60 bits per heavy atom. The molecule has 1 rings (SSSR count). The Morgan fingerprint density at radius 3 is 2.87 bits per heavy atom. The fourth-order valence-electron chi connectivity index (χ4n) is 1.87. The third kappa shape index (κ3) is 2.91. The summed E-state index contributed by atoms with van der Waals surface area (Å²) in [6.45, 7) is 5.72. The van der Waals surface area contributed by atoms with E-state index in [1.54, 1.807) is 6.08 Å². The highest BCUT2D eigenvalue weighted by molar-refractivity contribution is 5.95. The van der Waals surface area contributed by atoms with Crippen molar-refractivity contribution in [1.82, 2.24) is 0 Å².